The van der Waals surface area contributed by atoms with Gasteiger partial charge in [0.25, 0.3) is 0 Å². The third-order valence-electron chi connectivity index (χ3n) is 9.76. The van der Waals surface area contributed by atoms with Crippen LogP contribution < -0.4 is 4.74 Å². The van der Waals surface area contributed by atoms with E-state index in [9.17, 15) is 4.79 Å². The fourth-order valence-corrected chi connectivity index (χ4v) is 8.12. The summed E-state index contributed by atoms with van der Waals surface area (Å²) in [5, 5.41) is 0. The predicted molar refractivity (Wildman–Crippen MR) is 122 cm³/mol. The molecule has 6 atom stereocenters. The molecule has 0 unspecified atom stereocenters. The van der Waals surface area contributed by atoms with Crippen molar-refractivity contribution >= 4 is 11.9 Å². The second-order valence-electron chi connectivity index (χ2n) is 11.1. The molecule has 0 heterocycles. The summed E-state index contributed by atoms with van der Waals surface area (Å²) in [6.45, 7) is 7.60. The van der Waals surface area contributed by atoms with Crippen LogP contribution in [0.25, 0.3) is 6.08 Å². The zero-order valence-corrected chi connectivity index (χ0v) is 19.1. The van der Waals surface area contributed by atoms with E-state index in [1.807, 2.05) is 19.1 Å². The van der Waals surface area contributed by atoms with Crippen LogP contribution in [0.4, 0.5) is 0 Å². The maximum Gasteiger partial charge on any atom is 0.165 e. The first-order valence-electron chi connectivity index (χ1n) is 12.4. The monoisotopic (exact) mass is 406 g/mol. The Morgan fingerprint density at radius 1 is 1.00 bits per heavy atom. The van der Waals surface area contributed by atoms with Crippen LogP contribution in [0.1, 0.15) is 84.1 Å². The van der Waals surface area contributed by atoms with Crippen molar-refractivity contribution in [3.05, 3.63) is 35.4 Å². The zero-order chi connectivity index (χ0) is 20.9. The summed E-state index contributed by atoms with van der Waals surface area (Å²) in [6, 6.07) is 8.22. The molecule has 0 N–H and O–H groups in total. The molecule has 1 aromatic carbocycles. The molecule has 4 fully saturated rings. The van der Waals surface area contributed by atoms with Crippen LogP contribution in [0.3, 0.4) is 0 Å². The first-order chi connectivity index (χ1) is 14.5. The molecular weight excluding hydrogens is 368 g/mol. The number of carbonyl (C=O) groups excluding carboxylic acids is 1. The van der Waals surface area contributed by atoms with Crippen LogP contribution in [0.2, 0.25) is 0 Å². The second kappa shape index (κ2) is 7.53. The van der Waals surface area contributed by atoms with Gasteiger partial charge in [0, 0.05) is 5.41 Å². The van der Waals surface area contributed by atoms with Crippen molar-refractivity contribution in [2.45, 2.75) is 78.6 Å². The van der Waals surface area contributed by atoms with Gasteiger partial charge >= 0.3 is 0 Å². The van der Waals surface area contributed by atoms with Gasteiger partial charge in [-0.3, -0.25) is 4.79 Å². The van der Waals surface area contributed by atoms with Crippen molar-refractivity contribution in [1.82, 2.24) is 0 Å². The van der Waals surface area contributed by atoms with Crippen LogP contribution >= 0.6 is 0 Å². The van der Waals surface area contributed by atoms with E-state index in [4.69, 9.17) is 4.74 Å². The highest BCUT2D eigenvalue weighted by Crippen LogP contribution is 2.66. The van der Waals surface area contributed by atoms with Gasteiger partial charge in [-0.15, -0.1) is 0 Å². The number of rotatable bonds is 3. The standard InChI is InChI=1S/C28H38O2/c1-4-30-22-11-8-19(9-12-22)17-20-18-25-23-13-10-21-7-5-6-15-27(21,2)24(23)14-16-28(25,3)26(20)29/h8-9,11-12,17,21,23-25H,4-7,10,13-16,18H2,1-3H3/b20-17+/t21-,23+,24-,25+,27-,28-/m0/s1. The quantitative estimate of drug-likeness (QED) is 0.501. The summed E-state index contributed by atoms with van der Waals surface area (Å²) in [4.78, 5) is 13.6. The molecule has 0 saturated heterocycles. The van der Waals surface area contributed by atoms with Gasteiger partial charge in [-0.1, -0.05) is 38.8 Å². The number of ether oxygens (including phenoxy) is 1. The lowest BCUT2D eigenvalue weighted by molar-refractivity contribution is -0.137. The van der Waals surface area contributed by atoms with Crippen molar-refractivity contribution in [3.8, 4) is 5.75 Å². The normalized spacial score (nSPS) is 41.8. The van der Waals surface area contributed by atoms with E-state index in [2.05, 4.69) is 32.1 Å². The fraction of sp³-hybridized carbons (Fsp3) is 0.679. The van der Waals surface area contributed by atoms with Gasteiger partial charge in [0.2, 0.25) is 0 Å². The van der Waals surface area contributed by atoms with E-state index in [0.29, 0.717) is 23.7 Å². The Kier molecular flexibility index (Phi) is 5.11. The highest BCUT2D eigenvalue weighted by atomic mass is 16.5. The van der Waals surface area contributed by atoms with Crippen LogP contribution in [-0.4, -0.2) is 12.4 Å². The predicted octanol–water partition coefficient (Wildman–Crippen LogP) is 7.08. The van der Waals surface area contributed by atoms with E-state index in [1.165, 1.54) is 44.9 Å². The molecule has 5 rings (SSSR count). The highest BCUT2D eigenvalue weighted by molar-refractivity contribution is 6.05. The zero-order valence-electron chi connectivity index (χ0n) is 19.1. The van der Waals surface area contributed by atoms with Crippen molar-refractivity contribution in [2.24, 2.45) is 34.5 Å². The van der Waals surface area contributed by atoms with Crippen LogP contribution in [-0.2, 0) is 4.79 Å². The lowest BCUT2D eigenvalue weighted by Gasteiger charge is -2.59. The van der Waals surface area contributed by atoms with Gasteiger partial charge in [-0.05, 0) is 110 Å². The first-order valence-corrected chi connectivity index (χ1v) is 12.4. The number of hydrogen-bond acceptors (Lipinski definition) is 2. The molecule has 2 nitrogen and oxygen atoms in total. The number of hydrogen-bond donors (Lipinski definition) is 0. The number of carbonyl (C=O) groups is 1. The molecule has 0 amide bonds. The minimum Gasteiger partial charge on any atom is -0.494 e. The topological polar surface area (TPSA) is 26.3 Å². The van der Waals surface area contributed by atoms with E-state index in [0.717, 1.165) is 47.5 Å². The third kappa shape index (κ3) is 3.09. The van der Waals surface area contributed by atoms with Gasteiger partial charge in [-0.25, -0.2) is 0 Å². The van der Waals surface area contributed by atoms with Crippen molar-refractivity contribution < 1.29 is 9.53 Å². The summed E-state index contributed by atoms with van der Waals surface area (Å²) in [5.41, 5.74) is 2.61. The summed E-state index contributed by atoms with van der Waals surface area (Å²) >= 11 is 0. The molecule has 4 aliphatic carbocycles. The molecule has 2 heteroatoms. The lowest BCUT2D eigenvalue weighted by Crippen LogP contribution is -2.52. The maximum atomic E-state index is 13.6. The van der Waals surface area contributed by atoms with E-state index >= 15 is 0 Å². The molecule has 0 radical (unpaired) electrons. The molecule has 0 aliphatic heterocycles. The van der Waals surface area contributed by atoms with Gasteiger partial charge in [-0.2, -0.15) is 0 Å². The molecule has 0 aromatic heterocycles. The largest absolute Gasteiger partial charge is 0.494 e. The molecule has 1 aromatic rings. The summed E-state index contributed by atoms with van der Waals surface area (Å²) in [6.07, 6.45) is 14.0. The van der Waals surface area contributed by atoms with Gasteiger partial charge in [0.1, 0.15) is 5.75 Å². The second-order valence-corrected chi connectivity index (χ2v) is 11.1. The Hall–Kier alpha value is -1.57. The van der Waals surface area contributed by atoms with Crippen molar-refractivity contribution in [1.29, 1.82) is 0 Å². The number of benzene rings is 1. The highest BCUT2D eigenvalue weighted by Gasteiger charge is 2.60. The van der Waals surface area contributed by atoms with E-state index in [-0.39, 0.29) is 5.41 Å². The number of ketones is 1. The molecule has 4 saturated carbocycles. The number of fused-ring (bicyclic) bond motifs is 5. The van der Waals surface area contributed by atoms with E-state index < -0.39 is 0 Å². The van der Waals surface area contributed by atoms with Gasteiger partial charge in [0.05, 0.1) is 6.61 Å². The minimum absolute atomic E-state index is 0.129. The number of allylic oxidation sites excluding steroid dienone is 1. The minimum atomic E-state index is -0.129. The molecule has 4 aliphatic rings. The lowest BCUT2D eigenvalue weighted by atomic mass is 9.45. The molecular formula is C28H38O2. The Morgan fingerprint density at radius 2 is 1.80 bits per heavy atom. The SMILES string of the molecule is CCOc1ccc(/C=C2\C[C@@H]3[C@@H]4CC[C@@H]5CCCC[C@]5(C)[C@H]4CC[C@]3(C)C2=O)cc1. The third-order valence-corrected chi connectivity index (χ3v) is 9.76. The van der Waals surface area contributed by atoms with Gasteiger partial charge < -0.3 is 4.74 Å². The smallest absolute Gasteiger partial charge is 0.165 e. The van der Waals surface area contributed by atoms with Crippen LogP contribution in [0.5, 0.6) is 5.75 Å². The Balaban J connectivity index is 1.41. The van der Waals surface area contributed by atoms with Crippen molar-refractivity contribution in [2.75, 3.05) is 6.61 Å². The maximum absolute atomic E-state index is 13.6. The number of Topliss-reactive ketones (excluding diaryl/α,β-unsaturated/α-hetero) is 1. The molecule has 0 bridgehead atoms. The first kappa shape index (κ1) is 20.3. The van der Waals surface area contributed by atoms with Crippen LogP contribution in [0.15, 0.2) is 29.8 Å². The fourth-order valence-electron chi connectivity index (χ4n) is 8.12. The molecule has 30 heavy (non-hydrogen) atoms. The molecule has 0 spiro atoms. The van der Waals surface area contributed by atoms with E-state index in [1.54, 1.807) is 0 Å². The Bertz CT molecular complexity index is 837. The summed E-state index contributed by atoms with van der Waals surface area (Å²) in [5.74, 6) is 4.42. The summed E-state index contributed by atoms with van der Waals surface area (Å²) < 4.78 is 5.57. The average molecular weight is 407 g/mol. The Labute approximate surface area is 182 Å². The van der Waals surface area contributed by atoms with Crippen molar-refractivity contribution in [3.63, 3.8) is 0 Å². The Morgan fingerprint density at radius 3 is 2.57 bits per heavy atom. The van der Waals surface area contributed by atoms with Gasteiger partial charge in [0.15, 0.2) is 5.78 Å². The summed E-state index contributed by atoms with van der Waals surface area (Å²) in [7, 11) is 0. The molecule has 162 valence electrons. The van der Waals surface area contributed by atoms with Crippen LogP contribution in [0, 0.1) is 34.5 Å². The average Bonchev–Trinajstić information content (AvgIpc) is 3.00.